The molecule has 1 spiro atoms. The van der Waals surface area contributed by atoms with Crippen molar-refractivity contribution in [2.75, 3.05) is 31.5 Å². The Morgan fingerprint density at radius 3 is 3.00 bits per heavy atom. The fourth-order valence-corrected chi connectivity index (χ4v) is 4.45. The standard InChI is InChI=1S/C22H28N4O/c1-17-19(6-2-7-20(17)25-14-18-5-3-10-23-13-18)21(27)26-12-4-8-22(16-26)9-11-24-15-22/h2-3,5-7,10,13,24-25H,4,8-9,11-12,14-16H2,1H3. The van der Waals surface area contributed by atoms with Gasteiger partial charge in [0.1, 0.15) is 0 Å². The second kappa shape index (κ2) is 7.69. The fourth-order valence-electron chi connectivity index (χ4n) is 4.45. The number of carbonyl (C=O) groups is 1. The van der Waals surface area contributed by atoms with Crippen LogP contribution in [0, 0.1) is 12.3 Å². The number of nitrogens with zero attached hydrogens (tertiary/aromatic N) is 2. The zero-order valence-electron chi connectivity index (χ0n) is 16.0. The van der Waals surface area contributed by atoms with E-state index in [1.165, 1.54) is 12.8 Å². The molecule has 0 aliphatic carbocycles. The van der Waals surface area contributed by atoms with E-state index in [1.54, 1.807) is 6.20 Å². The molecule has 1 unspecified atom stereocenters. The van der Waals surface area contributed by atoms with Gasteiger partial charge in [0.2, 0.25) is 0 Å². The molecule has 1 aromatic heterocycles. The summed E-state index contributed by atoms with van der Waals surface area (Å²) in [6.45, 7) is 6.61. The first-order chi connectivity index (χ1) is 13.2. The summed E-state index contributed by atoms with van der Waals surface area (Å²) >= 11 is 0. The topological polar surface area (TPSA) is 57.3 Å². The maximum Gasteiger partial charge on any atom is 0.254 e. The molecule has 5 heteroatoms. The molecule has 2 saturated heterocycles. The summed E-state index contributed by atoms with van der Waals surface area (Å²) in [5.41, 5.74) is 4.27. The number of hydrogen-bond acceptors (Lipinski definition) is 4. The van der Waals surface area contributed by atoms with E-state index in [1.807, 2.05) is 43.5 Å². The Morgan fingerprint density at radius 1 is 1.30 bits per heavy atom. The van der Waals surface area contributed by atoms with E-state index >= 15 is 0 Å². The summed E-state index contributed by atoms with van der Waals surface area (Å²) in [6.07, 6.45) is 7.16. The van der Waals surface area contributed by atoms with Crippen molar-refractivity contribution in [2.45, 2.75) is 32.7 Å². The molecular weight excluding hydrogens is 336 g/mol. The Hall–Kier alpha value is -2.40. The molecule has 4 rings (SSSR count). The highest BCUT2D eigenvalue weighted by Crippen LogP contribution is 2.36. The Morgan fingerprint density at radius 2 is 2.22 bits per heavy atom. The van der Waals surface area contributed by atoms with Crippen molar-refractivity contribution in [3.05, 3.63) is 59.4 Å². The summed E-state index contributed by atoms with van der Waals surface area (Å²) in [5, 5.41) is 6.94. The van der Waals surface area contributed by atoms with Gasteiger partial charge in [0.25, 0.3) is 5.91 Å². The van der Waals surface area contributed by atoms with Gasteiger partial charge in [-0.3, -0.25) is 9.78 Å². The molecule has 1 amide bonds. The SMILES string of the molecule is Cc1c(NCc2cccnc2)cccc1C(=O)N1CCCC2(CCNC2)C1. The van der Waals surface area contributed by atoms with E-state index < -0.39 is 0 Å². The average molecular weight is 364 g/mol. The number of aromatic nitrogens is 1. The lowest BCUT2D eigenvalue weighted by molar-refractivity contribution is 0.0553. The van der Waals surface area contributed by atoms with Crippen LogP contribution in [-0.2, 0) is 6.54 Å². The van der Waals surface area contributed by atoms with Crippen LogP contribution in [0.5, 0.6) is 0 Å². The van der Waals surface area contributed by atoms with Gasteiger partial charge in [0.05, 0.1) is 0 Å². The van der Waals surface area contributed by atoms with Gasteiger partial charge < -0.3 is 15.5 Å². The van der Waals surface area contributed by atoms with Crippen molar-refractivity contribution in [3.8, 4) is 0 Å². The van der Waals surface area contributed by atoms with Crippen molar-refractivity contribution in [1.29, 1.82) is 0 Å². The summed E-state index contributed by atoms with van der Waals surface area (Å²) in [4.78, 5) is 19.5. The van der Waals surface area contributed by atoms with E-state index in [9.17, 15) is 4.79 Å². The molecule has 5 nitrogen and oxygen atoms in total. The second-order valence-corrected chi connectivity index (χ2v) is 7.95. The van der Waals surface area contributed by atoms with E-state index in [0.717, 1.165) is 55.0 Å². The second-order valence-electron chi connectivity index (χ2n) is 7.95. The molecule has 3 heterocycles. The van der Waals surface area contributed by atoms with Gasteiger partial charge in [-0.1, -0.05) is 12.1 Å². The lowest BCUT2D eigenvalue weighted by atomic mass is 9.79. The number of rotatable bonds is 4. The van der Waals surface area contributed by atoms with Crippen molar-refractivity contribution in [3.63, 3.8) is 0 Å². The fraction of sp³-hybridized carbons (Fsp3) is 0.455. The van der Waals surface area contributed by atoms with Crippen LogP contribution in [-0.4, -0.2) is 42.0 Å². The first-order valence-electron chi connectivity index (χ1n) is 9.89. The molecular formula is C22H28N4O. The van der Waals surface area contributed by atoms with Gasteiger partial charge in [-0.05, 0) is 62.1 Å². The summed E-state index contributed by atoms with van der Waals surface area (Å²) in [6, 6.07) is 9.96. The Balaban J connectivity index is 1.49. The zero-order valence-corrected chi connectivity index (χ0v) is 16.0. The molecule has 0 bridgehead atoms. The Labute approximate surface area is 161 Å². The summed E-state index contributed by atoms with van der Waals surface area (Å²) < 4.78 is 0. The highest BCUT2D eigenvalue weighted by atomic mass is 16.2. The van der Waals surface area contributed by atoms with Crippen LogP contribution in [0.15, 0.2) is 42.7 Å². The van der Waals surface area contributed by atoms with Crippen LogP contribution in [0.4, 0.5) is 5.69 Å². The minimum absolute atomic E-state index is 0.170. The number of hydrogen-bond donors (Lipinski definition) is 2. The molecule has 2 aromatic rings. The van der Waals surface area contributed by atoms with Crippen molar-refractivity contribution in [2.24, 2.45) is 5.41 Å². The van der Waals surface area contributed by atoms with Gasteiger partial charge in [0.15, 0.2) is 0 Å². The van der Waals surface area contributed by atoms with Gasteiger partial charge in [-0.2, -0.15) is 0 Å². The number of carbonyl (C=O) groups excluding carboxylic acids is 1. The molecule has 2 N–H and O–H groups in total. The Bertz CT molecular complexity index is 799. The number of amides is 1. The molecule has 2 aliphatic rings. The first-order valence-corrected chi connectivity index (χ1v) is 9.89. The van der Waals surface area contributed by atoms with Crippen molar-refractivity contribution < 1.29 is 4.79 Å². The average Bonchev–Trinajstić information content (AvgIpc) is 3.15. The van der Waals surface area contributed by atoms with Gasteiger partial charge >= 0.3 is 0 Å². The summed E-state index contributed by atoms with van der Waals surface area (Å²) in [5.74, 6) is 0.170. The number of benzene rings is 1. The summed E-state index contributed by atoms with van der Waals surface area (Å²) in [7, 11) is 0. The minimum Gasteiger partial charge on any atom is -0.381 e. The quantitative estimate of drug-likeness (QED) is 0.875. The highest BCUT2D eigenvalue weighted by Gasteiger charge is 2.39. The van der Waals surface area contributed by atoms with Crippen molar-refractivity contribution in [1.82, 2.24) is 15.2 Å². The maximum absolute atomic E-state index is 13.3. The van der Waals surface area contributed by atoms with Crippen LogP contribution >= 0.6 is 0 Å². The molecule has 2 aliphatic heterocycles. The van der Waals surface area contributed by atoms with E-state index in [-0.39, 0.29) is 11.3 Å². The van der Waals surface area contributed by atoms with Crippen LogP contribution in [0.3, 0.4) is 0 Å². The first kappa shape index (κ1) is 18.0. The number of pyridine rings is 1. The van der Waals surface area contributed by atoms with Gasteiger partial charge in [-0.15, -0.1) is 0 Å². The molecule has 27 heavy (non-hydrogen) atoms. The van der Waals surface area contributed by atoms with Crippen LogP contribution in [0.1, 0.15) is 40.7 Å². The lowest BCUT2D eigenvalue weighted by Gasteiger charge is -2.40. The molecule has 0 radical (unpaired) electrons. The minimum atomic E-state index is 0.170. The largest absolute Gasteiger partial charge is 0.381 e. The zero-order chi connectivity index (χ0) is 18.7. The number of likely N-dealkylation sites (tertiary alicyclic amines) is 1. The number of nitrogens with one attached hydrogen (secondary N) is 2. The molecule has 142 valence electrons. The van der Waals surface area contributed by atoms with Crippen LogP contribution < -0.4 is 10.6 Å². The van der Waals surface area contributed by atoms with Crippen molar-refractivity contribution >= 4 is 11.6 Å². The third kappa shape index (κ3) is 3.83. The van der Waals surface area contributed by atoms with Crippen LogP contribution in [0.2, 0.25) is 0 Å². The predicted octanol–water partition coefficient (Wildman–Crippen LogP) is 3.22. The smallest absolute Gasteiger partial charge is 0.254 e. The maximum atomic E-state index is 13.3. The normalized spacial score (nSPS) is 22.2. The van der Waals surface area contributed by atoms with Crippen LogP contribution in [0.25, 0.3) is 0 Å². The third-order valence-electron chi connectivity index (χ3n) is 6.05. The molecule has 1 aromatic carbocycles. The monoisotopic (exact) mass is 364 g/mol. The number of piperidine rings is 1. The van der Waals surface area contributed by atoms with Gasteiger partial charge in [0, 0.05) is 55.2 Å². The molecule has 1 atom stereocenters. The number of anilines is 1. The highest BCUT2D eigenvalue weighted by molar-refractivity contribution is 5.97. The molecule has 2 fully saturated rings. The van der Waals surface area contributed by atoms with E-state index in [0.29, 0.717) is 6.54 Å². The Kier molecular flexibility index (Phi) is 5.12. The van der Waals surface area contributed by atoms with E-state index in [4.69, 9.17) is 0 Å². The molecule has 0 saturated carbocycles. The third-order valence-corrected chi connectivity index (χ3v) is 6.05. The van der Waals surface area contributed by atoms with E-state index in [2.05, 4.69) is 20.5 Å². The lowest BCUT2D eigenvalue weighted by Crippen LogP contribution is -2.47. The van der Waals surface area contributed by atoms with Gasteiger partial charge in [-0.25, -0.2) is 0 Å². The predicted molar refractivity (Wildman–Crippen MR) is 108 cm³/mol.